The number of ether oxygens (including phenoxy) is 1. The van der Waals surface area contributed by atoms with Crippen LogP contribution in [0.2, 0.25) is 0 Å². The molecule has 2 aromatic rings. The summed E-state index contributed by atoms with van der Waals surface area (Å²) in [5.74, 6) is 0.537. The number of carbonyl (C=O) groups is 1. The Bertz CT molecular complexity index is 838. The Morgan fingerprint density at radius 3 is 2.24 bits per heavy atom. The Morgan fingerprint density at radius 1 is 1.04 bits per heavy atom. The topological polar surface area (TPSA) is 72.5 Å². The SMILES string of the molecule is CCOc1ccc(/C=C/C(=O)Nc2ccc(S(=O)(=O)CC)cc2)cc1. The van der Waals surface area contributed by atoms with E-state index < -0.39 is 9.84 Å². The van der Waals surface area contributed by atoms with Gasteiger partial charge in [-0.25, -0.2) is 8.42 Å². The third kappa shape index (κ3) is 5.46. The van der Waals surface area contributed by atoms with Crippen LogP contribution < -0.4 is 10.1 Å². The number of rotatable bonds is 7. The van der Waals surface area contributed by atoms with Crippen molar-refractivity contribution >= 4 is 27.5 Å². The van der Waals surface area contributed by atoms with Gasteiger partial charge in [-0.2, -0.15) is 0 Å². The molecule has 5 nitrogen and oxygen atoms in total. The van der Waals surface area contributed by atoms with Crippen LogP contribution in [-0.2, 0) is 14.6 Å². The van der Waals surface area contributed by atoms with Gasteiger partial charge in [0, 0.05) is 11.8 Å². The van der Waals surface area contributed by atoms with Crippen LogP contribution in [0.1, 0.15) is 19.4 Å². The van der Waals surface area contributed by atoms with Gasteiger partial charge < -0.3 is 10.1 Å². The lowest BCUT2D eigenvalue weighted by Gasteiger charge is -2.05. The minimum atomic E-state index is -3.23. The molecule has 0 aliphatic rings. The number of sulfone groups is 1. The molecule has 2 aromatic carbocycles. The van der Waals surface area contributed by atoms with Crippen molar-refractivity contribution in [3.8, 4) is 5.75 Å². The summed E-state index contributed by atoms with van der Waals surface area (Å²) in [6.07, 6.45) is 3.12. The summed E-state index contributed by atoms with van der Waals surface area (Å²) in [6, 6.07) is 13.5. The Balaban J connectivity index is 1.97. The van der Waals surface area contributed by atoms with E-state index in [2.05, 4.69) is 5.32 Å². The second-order valence-corrected chi connectivity index (χ2v) is 7.53. The smallest absolute Gasteiger partial charge is 0.248 e. The number of carbonyl (C=O) groups excluding carboxylic acids is 1. The van der Waals surface area contributed by atoms with Crippen LogP contribution in [0.3, 0.4) is 0 Å². The number of amides is 1. The lowest BCUT2D eigenvalue weighted by molar-refractivity contribution is -0.111. The molecule has 6 heteroatoms. The molecular formula is C19H21NO4S. The molecular weight excluding hydrogens is 338 g/mol. The van der Waals surface area contributed by atoms with Crippen LogP contribution in [0.25, 0.3) is 6.08 Å². The lowest BCUT2D eigenvalue weighted by Crippen LogP contribution is -2.08. The maximum absolute atomic E-state index is 12.0. The van der Waals surface area contributed by atoms with Crippen molar-refractivity contribution in [2.24, 2.45) is 0 Å². The monoisotopic (exact) mass is 359 g/mol. The molecule has 132 valence electrons. The largest absolute Gasteiger partial charge is 0.494 e. The van der Waals surface area contributed by atoms with Gasteiger partial charge in [0.05, 0.1) is 17.3 Å². The molecule has 2 rings (SSSR count). The quantitative estimate of drug-likeness (QED) is 0.768. The van der Waals surface area contributed by atoms with E-state index in [1.807, 2.05) is 31.2 Å². The number of nitrogens with one attached hydrogen (secondary N) is 1. The number of hydrogen-bond donors (Lipinski definition) is 1. The minimum absolute atomic E-state index is 0.0452. The summed E-state index contributed by atoms with van der Waals surface area (Å²) in [4.78, 5) is 12.2. The van der Waals surface area contributed by atoms with E-state index in [9.17, 15) is 13.2 Å². The van der Waals surface area contributed by atoms with Crippen molar-refractivity contribution in [1.29, 1.82) is 0 Å². The summed E-state index contributed by atoms with van der Waals surface area (Å²) in [6.45, 7) is 4.12. The molecule has 25 heavy (non-hydrogen) atoms. The van der Waals surface area contributed by atoms with E-state index in [0.717, 1.165) is 11.3 Å². The van der Waals surface area contributed by atoms with Crippen molar-refractivity contribution in [1.82, 2.24) is 0 Å². The van der Waals surface area contributed by atoms with Gasteiger partial charge in [0.1, 0.15) is 5.75 Å². The van der Waals surface area contributed by atoms with Gasteiger partial charge in [-0.15, -0.1) is 0 Å². The fourth-order valence-corrected chi connectivity index (χ4v) is 2.99. The first kappa shape index (κ1) is 18.7. The first-order valence-corrected chi connectivity index (χ1v) is 9.64. The van der Waals surface area contributed by atoms with Crippen molar-refractivity contribution < 1.29 is 17.9 Å². The van der Waals surface area contributed by atoms with E-state index in [-0.39, 0.29) is 16.6 Å². The molecule has 1 N–H and O–H groups in total. The molecule has 0 bridgehead atoms. The fourth-order valence-electron chi connectivity index (χ4n) is 2.11. The summed E-state index contributed by atoms with van der Waals surface area (Å²) in [5.41, 5.74) is 1.42. The minimum Gasteiger partial charge on any atom is -0.494 e. The molecule has 0 heterocycles. The molecule has 0 aliphatic carbocycles. The normalized spacial score (nSPS) is 11.4. The van der Waals surface area contributed by atoms with Crippen LogP contribution in [0.5, 0.6) is 5.75 Å². The second-order valence-electron chi connectivity index (χ2n) is 5.25. The Morgan fingerprint density at radius 2 is 1.68 bits per heavy atom. The first-order valence-electron chi connectivity index (χ1n) is 7.99. The summed E-state index contributed by atoms with van der Waals surface area (Å²) >= 11 is 0. The Hall–Kier alpha value is -2.60. The number of hydrogen-bond acceptors (Lipinski definition) is 4. The highest BCUT2D eigenvalue weighted by molar-refractivity contribution is 7.91. The van der Waals surface area contributed by atoms with Crippen LogP contribution in [0.4, 0.5) is 5.69 Å². The zero-order valence-electron chi connectivity index (χ0n) is 14.2. The van der Waals surface area contributed by atoms with Gasteiger partial charge in [0.15, 0.2) is 9.84 Å². The average Bonchev–Trinajstić information content (AvgIpc) is 2.62. The highest BCUT2D eigenvalue weighted by Gasteiger charge is 2.10. The standard InChI is InChI=1S/C19H21NO4S/c1-3-24-17-10-5-15(6-11-17)7-14-19(21)20-16-8-12-18(13-9-16)25(22,23)4-2/h5-14H,3-4H2,1-2H3,(H,20,21)/b14-7+. The molecule has 0 unspecified atom stereocenters. The van der Waals surface area contributed by atoms with Gasteiger partial charge in [0.25, 0.3) is 0 Å². The molecule has 0 saturated heterocycles. The van der Waals surface area contributed by atoms with Crippen molar-refractivity contribution in [3.63, 3.8) is 0 Å². The maximum atomic E-state index is 12.0. The lowest BCUT2D eigenvalue weighted by atomic mass is 10.2. The van der Waals surface area contributed by atoms with Crippen LogP contribution in [-0.4, -0.2) is 26.7 Å². The second kappa shape index (κ2) is 8.48. The molecule has 0 aromatic heterocycles. The Labute approximate surface area is 148 Å². The van der Waals surface area contributed by atoms with Crippen molar-refractivity contribution in [2.75, 3.05) is 17.7 Å². The molecule has 0 saturated carbocycles. The van der Waals surface area contributed by atoms with E-state index in [0.29, 0.717) is 12.3 Å². The van der Waals surface area contributed by atoms with Crippen LogP contribution in [0, 0.1) is 0 Å². The van der Waals surface area contributed by atoms with Gasteiger partial charge in [0.2, 0.25) is 5.91 Å². The molecule has 0 aliphatic heterocycles. The van der Waals surface area contributed by atoms with Gasteiger partial charge in [-0.3, -0.25) is 4.79 Å². The Kier molecular flexibility index (Phi) is 6.36. The summed E-state index contributed by atoms with van der Waals surface area (Å²) < 4.78 is 28.9. The maximum Gasteiger partial charge on any atom is 0.248 e. The van der Waals surface area contributed by atoms with Crippen LogP contribution in [0.15, 0.2) is 59.5 Å². The average molecular weight is 359 g/mol. The molecule has 0 radical (unpaired) electrons. The predicted molar refractivity (Wildman–Crippen MR) is 99.4 cm³/mol. The molecule has 0 atom stereocenters. The molecule has 0 fully saturated rings. The predicted octanol–water partition coefficient (Wildman–Crippen LogP) is 3.53. The fraction of sp³-hybridized carbons (Fsp3) is 0.211. The third-order valence-corrected chi connectivity index (χ3v) is 5.23. The van der Waals surface area contributed by atoms with Gasteiger partial charge in [-0.05, 0) is 55.0 Å². The first-order chi connectivity index (χ1) is 11.9. The highest BCUT2D eigenvalue weighted by Crippen LogP contribution is 2.16. The van der Waals surface area contributed by atoms with E-state index in [1.165, 1.54) is 18.2 Å². The summed E-state index contributed by atoms with van der Waals surface area (Å²) in [7, 11) is -3.23. The van der Waals surface area contributed by atoms with Gasteiger partial charge in [-0.1, -0.05) is 19.1 Å². The highest BCUT2D eigenvalue weighted by atomic mass is 32.2. The number of anilines is 1. The van der Waals surface area contributed by atoms with Crippen molar-refractivity contribution in [3.05, 3.63) is 60.2 Å². The van der Waals surface area contributed by atoms with E-state index in [1.54, 1.807) is 25.1 Å². The zero-order chi connectivity index (χ0) is 18.3. The van der Waals surface area contributed by atoms with E-state index in [4.69, 9.17) is 4.74 Å². The van der Waals surface area contributed by atoms with E-state index >= 15 is 0 Å². The van der Waals surface area contributed by atoms with Crippen LogP contribution >= 0.6 is 0 Å². The number of benzene rings is 2. The third-order valence-electron chi connectivity index (χ3n) is 3.48. The van der Waals surface area contributed by atoms with Gasteiger partial charge >= 0.3 is 0 Å². The van der Waals surface area contributed by atoms with Crippen molar-refractivity contribution in [2.45, 2.75) is 18.7 Å². The zero-order valence-corrected chi connectivity index (χ0v) is 15.0. The summed E-state index contributed by atoms with van der Waals surface area (Å²) in [5, 5.41) is 2.70. The molecule has 0 spiro atoms. The molecule has 1 amide bonds.